The average Bonchev–Trinajstić information content (AvgIpc) is 2.76. The SMILES string of the molecule is CCn1nc(C)c(Cl)c1CC(=O)CCCc1ccccc1. The zero-order valence-corrected chi connectivity index (χ0v) is 13.4. The van der Waals surface area contributed by atoms with Gasteiger partial charge in [-0.25, -0.2) is 0 Å². The molecule has 0 radical (unpaired) electrons. The minimum absolute atomic E-state index is 0.224. The first kappa shape index (κ1) is 15.8. The Bertz CT molecular complexity index is 605. The summed E-state index contributed by atoms with van der Waals surface area (Å²) < 4.78 is 1.83. The molecule has 0 amide bonds. The molecule has 0 fully saturated rings. The maximum Gasteiger partial charge on any atom is 0.138 e. The monoisotopic (exact) mass is 304 g/mol. The highest BCUT2D eigenvalue weighted by molar-refractivity contribution is 6.32. The van der Waals surface area contributed by atoms with Crippen LogP contribution in [0.3, 0.4) is 0 Å². The summed E-state index contributed by atoms with van der Waals surface area (Å²) in [4.78, 5) is 12.1. The Morgan fingerprint density at radius 1 is 1.29 bits per heavy atom. The lowest BCUT2D eigenvalue weighted by molar-refractivity contribution is -0.118. The van der Waals surface area contributed by atoms with Crippen LogP contribution in [0, 0.1) is 6.92 Å². The molecule has 1 aromatic carbocycles. The largest absolute Gasteiger partial charge is 0.299 e. The lowest BCUT2D eigenvalue weighted by Crippen LogP contribution is -2.10. The maximum atomic E-state index is 12.1. The van der Waals surface area contributed by atoms with E-state index in [1.807, 2.05) is 36.7 Å². The van der Waals surface area contributed by atoms with E-state index in [1.54, 1.807) is 0 Å². The Balaban J connectivity index is 1.88. The van der Waals surface area contributed by atoms with Crippen molar-refractivity contribution in [2.24, 2.45) is 0 Å². The molecule has 4 heteroatoms. The first-order valence-electron chi connectivity index (χ1n) is 7.39. The third kappa shape index (κ3) is 4.18. The van der Waals surface area contributed by atoms with Gasteiger partial charge in [0.2, 0.25) is 0 Å². The van der Waals surface area contributed by atoms with Crippen molar-refractivity contribution in [2.75, 3.05) is 0 Å². The molecule has 0 bridgehead atoms. The molecule has 0 unspecified atom stereocenters. The number of nitrogens with zero attached hydrogens (tertiary/aromatic N) is 2. The molecule has 21 heavy (non-hydrogen) atoms. The van der Waals surface area contributed by atoms with E-state index in [9.17, 15) is 4.79 Å². The molecule has 1 aromatic heterocycles. The molecule has 0 atom stereocenters. The second-order valence-corrected chi connectivity index (χ2v) is 5.59. The van der Waals surface area contributed by atoms with E-state index in [1.165, 1.54) is 5.56 Å². The number of ketones is 1. The highest BCUT2D eigenvalue weighted by atomic mass is 35.5. The molecule has 2 aromatic rings. The molecule has 2 rings (SSSR count). The molecular formula is C17H21ClN2O. The Morgan fingerprint density at radius 2 is 2.00 bits per heavy atom. The van der Waals surface area contributed by atoms with Gasteiger partial charge in [-0.3, -0.25) is 9.48 Å². The standard InChI is InChI=1S/C17H21ClN2O/c1-3-20-16(17(18)13(2)19-20)12-15(21)11-7-10-14-8-5-4-6-9-14/h4-6,8-9H,3,7,10-12H2,1-2H3. The van der Waals surface area contributed by atoms with Crippen LogP contribution in [-0.2, 0) is 24.2 Å². The van der Waals surface area contributed by atoms with Gasteiger partial charge in [0.15, 0.2) is 0 Å². The zero-order chi connectivity index (χ0) is 15.2. The number of hydrogen-bond donors (Lipinski definition) is 0. The third-order valence-electron chi connectivity index (χ3n) is 3.58. The van der Waals surface area contributed by atoms with Gasteiger partial charge in [0, 0.05) is 19.4 Å². The molecule has 0 aliphatic rings. The Hall–Kier alpha value is -1.61. The zero-order valence-electron chi connectivity index (χ0n) is 12.6. The highest BCUT2D eigenvalue weighted by Gasteiger charge is 2.15. The van der Waals surface area contributed by atoms with Gasteiger partial charge < -0.3 is 0 Å². The van der Waals surface area contributed by atoms with Gasteiger partial charge >= 0.3 is 0 Å². The fourth-order valence-electron chi connectivity index (χ4n) is 2.45. The summed E-state index contributed by atoms with van der Waals surface area (Å²) in [5.74, 6) is 0.224. The van der Waals surface area contributed by atoms with Gasteiger partial charge in [0.1, 0.15) is 5.78 Å². The topological polar surface area (TPSA) is 34.9 Å². The minimum Gasteiger partial charge on any atom is -0.299 e. The summed E-state index contributed by atoms with van der Waals surface area (Å²) in [6, 6.07) is 10.2. The molecule has 0 aliphatic carbocycles. The highest BCUT2D eigenvalue weighted by Crippen LogP contribution is 2.21. The maximum absolute atomic E-state index is 12.1. The fourth-order valence-corrected chi connectivity index (χ4v) is 2.65. The molecule has 112 valence electrons. The van der Waals surface area contributed by atoms with Crippen molar-refractivity contribution in [1.82, 2.24) is 9.78 Å². The summed E-state index contributed by atoms with van der Waals surface area (Å²) in [6.45, 7) is 4.62. The van der Waals surface area contributed by atoms with Crippen LogP contribution in [0.1, 0.15) is 36.7 Å². The number of carbonyl (C=O) groups excluding carboxylic acids is 1. The van der Waals surface area contributed by atoms with Crippen molar-refractivity contribution >= 4 is 17.4 Å². The van der Waals surface area contributed by atoms with E-state index in [4.69, 9.17) is 11.6 Å². The van der Waals surface area contributed by atoms with E-state index in [0.717, 1.165) is 30.8 Å². The Labute approximate surface area is 130 Å². The van der Waals surface area contributed by atoms with Crippen LogP contribution in [0.4, 0.5) is 0 Å². The number of rotatable bonds is 7. The van der Waals surface area contributed by atoms with Gasteiger partial charge in [-0.2, -0.15) is 5.10 Å². The van der Waals surface area contributed by atoms with Crippen LogP contribution in [0.15, 0.2) is 30.3 Å². The molecule has 3 nitrogen and oxygen atoms in total. The third-order valence-corrected chi connectivity index (χ3v) is 4.07. The predicted molar refractivity (Wildman–Crippen MR) is 85.7 cm³/mol. The lowest BCUT2D eigenvalue weighted by Gasteiger charge is -2.05. The second kappa shape index (κ2) is 7.41. The number of Topliss-reactive ketones (excluding diaryl/α,β-unsaturated/α-hetero) is 1. The summed E-state index contributed by atoms with van der Waals surface area (Å²) in [5.41, 5.74) is 2.92. The summed E-state index contributed by atoms with van der Waals surface area (Å²) in [5, 5.41) is 4.97. The first-order chi connectivity index (χ1) is 10.1. The van der Waals surface area contributed by atoms with E-state index < -0.39 is 0 Å². The quantitative estimate of drug-likeness (QED) is 0.775. The molecule has 0 spiro atoms. The van der Waals surface area contributed by atoms with Crippen molar-refractivity contribution in [3.63, 3.8) is 0 Å². The normalized spacial score (nSPS) is 10.8. The van der Waals surface area contributed by atoms with Crippen molar-refractivity contribution in [1.29, 1.82) is 0 Å². The van der Waals surface area contributed by atoms with Crippen LogP contribution in [0.2, 0.25) is 5.02 Å². The van der Waals surface area contributed by atoms with Gasteiger partial charge in [0.05, 0.1) is 16.4 Å². The number of halogens is 1. The summed E-state index contributed by atoms with van der Waals surface area (Å²) in [7, 11) is 0. The number of benzene rings is 1. The van der Waals surface area contributed by atoms with Crippen molar-refractivity contribution < 1.29 is 4.79 Å². The smallest absolute Gasteiger partial charge is 0.138 e. The minimum atomic E-state index is 0.224. The van der Waals surface area contributed by atoms with Crippen molar-refractivity contribution in [2.45, 2.75) is 46.1 Å². The van der Waals surface area contributed by atoms with Crippen LogP contribution in [-0.4, -0.2) is 15.6 Å². The van der Waals surface area contributed by atoms with Gasteiger partial charge in [0.25, 0.3) is 0 Å². The molecule has 0 saturated carbocycles. The Morgan fingerprint density at radius 3 is 2.67 bits per heavy atom. The van der Waals surface area contributed by atoms with Crippen LogP contribution in [0.5, 0.6) is 0 Å². The number of aryl methyl sites for hydroxylation is 3. The van der Waals surface area contributed by atoms with E-state index in [2.05, 4.69) is 17.2 Å². The number of carbonyl (C=O) groups is 1. The summed E-state index contributed by atoms with van der Waals surface area (Å²) in [6.07, 6.45) is 2.77. The van der Waals surface area contributed by atoms with E-state index >= 15 is 0 Å². The molecule has 1 heterocycles. The predicted octanol–water partition coefficient (Wildman–Crippen LogP) is 4.00. The molecule has 0 N–H and O–H groups in total. The van der Waals surface area contributed by atoms with Crippen LogP contribution in [0.25, 0.3) is 0 Å². The number of hydrogen-bond acceptors (Lipinski definition) is 2. The second-order valence-electron chi connectivity index (χ2n) is 5.22. The summed E-state index contributed by atoms with van der Waals surface area (Å²) >= 11 is 6.23. The van der Waals surface area contributed by atoms with E-state index in [0.29, 0.717) is 17.9 Å². The molecular weight excluding hydrogens is 284 g/mol. The van der Waals surface area contributed by atoms with Crippen LogP contribution < -0.4 is 0 Å². The van der Waals surface area contributed by atoms with Gasteiger partial charge in [-0.1, -0.05) is 41.9 Å². The molecule has 0 saturated heterocycles. The molecule has 0 aliphatic heterocycles. The average molecular weight is 305 g/mol. The van der Waals surface area contributed by atoms with E-state index in [-0.39, 0.29) is 5.78 Å². The van der Waals surface area contributed by atoms with Crippen LogP contribution >= 0.6 is 11.6 Å². The number of aromatic nitrogens is 2. The fraction of sp³-hybridized carbons (Fsp3) is 0.412. The van der Waals surface area contributed by atoms with Gasteiger partial charge in [-0.05, 0) is 32.3 Å². The van der Waals surface area contributed by atoms with Crippen molar-refractivity contribution in [3.05, 3.63) is 52.3 Å². The first-order valence-corrected chi connectivity index (χ1v) is 7.77. The van der Waals surface area contributed by atoms with Gasteiger partial charge in [-0.15, -0.1) is 0 Å². The lowest BCUT2D eigenvalue weighted by atomic mass is 10.0. The van der Waals surface area contributed by atoms with Crippen molar-refractivity contribution in [3.8, 4) is 0 Å². The Kier molecular flexibility index (Phi) is 5.57.